The van der Waals surface area contributed by atoms with Crippen LogP contribution in [0.1, 0.15) is 17.5 Å². The van der Waals surface area contributed by atoms with Crippen molar-refractivity contribution >= 4 is 5.91 Å². The van der Waals surface area contributed by atoms with Crippen LogP contribution in [0.5, 0.6) is 5.75 Å². The van der Waals surface area contributed by atoms with Crippen LogP contribution in [0.25, 0.3) is 0 Å². The molecule has 0 aliphatic carbocycles. The molecule has 1 aliphatic heterocycles. The van der Waals surface area contributed by atoms with Crippen LogP contribution < -0.4 is 16.2 Å². The number of fused-ring (bicyclic) bond motifs is 1. The van der Waals surface area contributed by atoms with Crippen LogP contribution >= 0.6 is 0 Å². The van der Waals surface area contributed by atoms with Crippen LogP contribution in [-0.2, 0) is 21.6 Å². The molecule has 1 aliphatic rings. The monoisotopic (exact) mass is 250 g/mol. The van der Waals surface area contributed by atoms with Crippen LogP contribution in [0.4, 0.5) is 0 Å². The summed E-state index contributed by atoms with van der Waals surface area (Å²) in [6, 6.07) is 5.57. The van der Waals surface area contributed by atoms with E-state index in [4.69, 9.17) is 20.9 Å². The summed E-state index contributed by atoms with van der Waals surface area (Å²) in [6.45, 7) is 0.774. The molecule has 0 saturated carbocycles. The Bertz CT molecular complexity index is 462. The first-order valence-electron chi connectivity index (χ1n) is 5.96. The number of nitrogens with two attached hydrogens (primary N) is 2. The predicted molar refractivity (Wildman–Crippen MR) is 67.2 cm³/mol. The normalized spacial score (nSPS) is 22.3. The lowest BCUT2D eigenvalue weighted by Gasteiger charge is -2.36. The highest BCUT2D eigenvalue weighted by Gasteiger charge is 2.43. The Hall–Kier alpha value is -1.59. The number of carbonyl (C=O) groups is 1. The molecule has 18 heavy (non-hydrogen) atoms. The molecule has 98 valence electrons. The van der Waals surface area contributed by atoms with Crippen molar-refractivity contribution in [3.63, 3.8) is 0 Å². The standard InChI is InChI=1S/C13H18N2O3/c1-17-11-4-2-3-10-9(11)5-8-18-13(10,6-7-14)12(15)16/h2-4H,5-8,14H2,1H3,(H2,15,16). The van der Waals surface area contributed by atoms with Crippen LogP contribution in [0.3, 0.4) is 0 Å². The molecule has 1 unspecified atom stereocenters. The van der Waals surface area contributed by atoms with E-state index in [2.05, 4.69) is 0 Å². The summed E-state index contributed by atoms with van der Waals surface area (Å²) in [5.74, 6) is 0.264. The molecule has 1 aromatic carbocycles. The SMILES string of the molecule is COc1cccc2c1CCOC2(CCN)C(N)=O. The minimum absolute atomic E-state index is 0.333. The molecule has 0 saturated heterocycles. The van der Waals surface area contributed by atoms with E-state index < -0.39 is 11.5 Å². The number of benzene rings is 1. The van der Waals surface area contributed by atoms with Gasteiger partial charge in [0.25, 0.3) is 5.91 Å². The summed E-state index contributed by atoms with van der Waals surface area (Å²) < 4.78 is 11.0. The Morgan fingerprint density at radius 3 is 2.94 bits per heavy atom. The molecule has 0 fully saturated rings. The second kappa shape index (κ2) is 4.96. The summed E-state index contributed by atoms with van der Waals surface area (Å²) in [5, 5.41) is 0. The van der Waals surface area contributed by atoms with Crippen molar-refractivity contribution in [3.05, 3.63) is 29.3 Å². The molecule has 1 amide bonds. The molecule has 0 bridgehead atoms. The van der Waals surface area contributed by atoms with Gasteiger partial charge in [-0.3, -0.25) is 4.79 Å². The Morgan fingerprint density at radius 2 is 2.33 bits per heavy atom. The van der Waals surface area contributed by atoms with E-state index in [-0.39, 0.29) is 0 Å². The van der Waals surface area contributed by atoms with Crippen LogP contribution in [0.2, 0.25) is 0 Å². The Morgan fingerprint density at radius 1 is 1.56 bits per heavy atom. The zero-order chi connectivity index (χ0) is 13.2. The van der Waals surface area contributed by atoms with Gasteiger partial charge in [-0.05, 0) is 19.0 Å². The summed E-state index contributed by atoms with van der Waals surface area (Å²) >= 11 is 0. The molecule has 2 rings (SSSR count). The minimum Gasteiger partial charge on any atom is -0.496 e. The van der Waals surface area contributed by atoms with Gasteiger partial charge in [0.2, 0.25) is 0 Å². The van der Waals surface area contributed by atoms with Crippen molar-refractivity contribution in [2.75, 3.05) is 20.3 Å². The van der Waals surface area contributed by atoms with Gasteiger partial charge in [0.15, 0.2) is 5.60 Å². The van der Waals surface area contributed by atoms with Gasteiger partial charge in [0, 0.05) is 17.5 Å². The highest BCUT2D eigenvalue weighted by molar-refractivity contribution is 5.86. The minimum atomic E-state index is -1.11. The third kappa shape index (κ3) is 1.85. The van der Waals surface area contributed by atoms with Crippen molar-refractivity contribution in [1.82, 2.24) is 0 Å². The van der Waals surface area contributed by atoms with Crippen molar-refractivity contribution in [2.45, 2.75) is 18.4 Å². The molecule has 5 nitrogen and oxygen atoms in total. The Balaban J connectivity index is 2.58. The molecule has 5 heteroatoms. The number of amides is 1. The molecule has 1 heterocycles. The number of hydrogen-bond acceptors (Lipinski definition) is 4. The Kier molecular flexibility index (Phi) is 3.54. The lowest BCUT2D eigenvalue weighted by atomic mass is 9.83. The summed E-state index contributed by atoms with van der Waals surface area (Å²) in [4.78, 5) is 11.8. The molecule has 0 radical (unpaired) electrons. The van der Waals surface area contributed by atoms with E-state index in [0.717, 1.165) is 16.9 Å². The van der Waals surface area contributed by atoms with Crippen LogP contribution in [-0.4, -0.2) is 26.2 Å². The van der Waals surface area contributed by atoms with E-state index in [1.54, 1.807) is 7.11 Å². The number of methoxy groups -OCH3 is 1. The van der Waals surface area contributed by atoms with Gasteiger partial charge in [-0.25, -0.2) is 0 Å². The summed E-state index contributed by atoms with van der Waals surface area (Å²) in [5.41, 5.74) is 11.8. The highest BCUT2D eigenvalue weighted by Crippen LogP contribution is 2.39. The fraction of sp³-hybridized carbons (Fsp3) is 0.462. The molecular weight excluding hydrogens is 232 g/mol. The average molecular weight is 250 g/mol. The first-order chi connectivity index (χ1) is 8.65. The van der Waals surface area contributed by atoms with E-state index >= 15 is 0 Å². The molecule has 4 N–H and O–H groups in total. The van der Waals surface area contributed by atoms with Crippen molar-refractivity contribution in [1.29, 1.82) is 0 Å². The van der Waals surface area contributed by atoms with Gasteiger partial charge in [0.05, 0.1) is 13.7 Å². The second-order valence-electron chi connectivity index (χ2n) is 4.31. The van der Waals surface area contributed by atoms with Crippen LogP contribution in [0, 0.1) is 0 Å². The number of primary amides is 1. The lowest BCUT2D eigenvalue weighted by Crippen LogP contribution is -2.48. The number of rotatable bonds is 4. The third-order valence-electron chi connectivity index (χ3n) is 3.38. The topological polar surface area (TPSA) is 87.6 Å². The van der Waals surface area contributed by atoms with Gasteiger partial charge in [-0.15, -0.1) is 0 Å². The fourth-order valence-electron chi connectivity index (χ4n) is 2.54. The zero-order valence-corrected chi connectivity index (χ0v) is 10.4. The molecule has 1 aromatic rings. The lowest BCUT2D eigenvalue weighted by molar-refractivity contribution is -0.148. The first-order valence-corrected chi connectivity index (χ1v) is 5.96. The summed E-state index contributed by atoms with van der Waals surface area (Å²) in [7, 11) is 1.61. The average Bonchev–Trinajstić information content (AvgIpc) is 2.38. The fourth-order valence-corrected chi connectivity index (χ4v) is 2.54. The summed E-state index contributed by atoms with van der Waals surface area (Å²) in [6.07, 6.45) is 1.08. The number of hydrogen-bond donors (Lipinski definition) is 2. The number of carbonyl (C=O) groups excluding carboxylic acids is 1. The predicted octanol–water partition coefficient (Wildman–Crippen LogP) is 0.297. The van der Waals surface area contributed by atoms with Gasteiger partial charge in [-0.2, -0.15) is 0 Å². The van der Waals surface area contributed by atoms with E-state index in [1.807, 2.05) is 18.2 Å². The maximum absolute atomic E-state index is 11.8. The van der Waals surface area contributed by atoms with Gasteiger partial charge in [0.1, 0.15) is 5.75 Å². The molecule has 0 aromatic heterocycles. The highest BCUT2D eigenvalue weighted by atomic mass is 16.5. The van der Waals surface area contributed by atoms with Crippen LogP contribution in [0.15, 0.2) is 18.2 Å². The quantitative estimate of drug-likeness (QED) is 0.804. The van der Waals surface area contributed by atoms with Crippen molar-refractivity contribution < 1.29 is 14.3 Å². The smallest absolute Gasteiger partial charge is 0.254 e. The molecule has 0 spiro atoms. The van der Waals surface area contributed by atoms with E-state index in [1.165, 1.54) is 0 Å². The van der Waals surface area contributed by atoms with Gasteiger partial charge < -0.3 is 20.9 Å². The third-order valence-corrected chi connectivity index (χ3v) is 3.38. The maximum atomic E-state index is 11.8. The largest absolute Gasteiger partial charge is 0.496 e. The maximum Gasteiger partial charge on any atom is 0.254 e. The zero-order valence-electron chi connectivity index (χ0n) is 10.4. The van der Waals surface area contributed by atoms with Crippen molar-refractivity contribution in [3.8, 4) is 5.75 Å². The first kappa shape index (κ1) is 12.9. The number of ether oxygens (including phenoxy) is 2. The molecule has 1 atom stereocenters. The second-order valence-corrected chi connectivity index (χ2v) is 4.31. The van der Waals surface area contributed by atoms with Gasteiger partial charge >= 0.3 is 0 Å². The molecular formula is C13H18N2O3. The van der Waals surface area contributed by atoms with E-state index in [9.17, 15) is 4.79 Å². The van der Waals surface area contributed by atoms with Gasteiger partial charge in [-0.1, -0.05) is 12.1 Å². The van der Waals surface area contributed by atoms with Crippen molar-refractivity contribution in [2.24, 2.45) is 11.5 Å². The van der Waals surface area contributed by atoms with E-state index in [0.29, 0.717) is 26.0 Å². The Labute approximate surface area is 106 Å².